The Morgan fingerprint density at radius 3 is 2.63 bits per heavy atom. The normalized spacial score (nSPS) is 30.1. The summed E-state index contributed by atoms with van der Waals surface area (Å²) < 4.78 is 39.9. The van der Waals surface area contributed by atoms with Gasteiger partial charge in [0.1, 0.15) is 18.5 Å². The predicted molar refractivity (Wildman–Crippen MR) is 146 cm³/mol. The third-order valence-electron chi connectivity index (χ3n) is 9.33. The lowest BCUT2D eigenvalue weighted by Gasteiger charge is -2.51. The molecule has 5 rings (SSSR count). The van der Waals surface area contributed by atoms with Gasteiger partial charge in [0.2, 0.25) is 0 Å². The highest BCUT2D eigenvalue weighted by molar-refractivity contribution is 7.85. The summed E-state index contributed by atoms with van der Waals surface area (Å²) in [7, 11) is -3.44. The first-order valence-electron chi connectivity index (χ1n) is 14.0. The molecule has 3 aliphatic carbocycles. The smallest absolute Gasteiger partial charge is 0.302 e. The Bertz CT molecular complexity index is 1240. The molecule has 0 saturated heterocycles. The van der Waals surface area contributed by atoms with Gasteiger partial charge in [-0.15, -0.1) is 0 Å². The molecule has 3 aliphatic rings. The van der Waals surface area contributed by atoms with Crippen molar-refractivity contribution < 1.29 is 26.9 Å². The van der Waals surface area contributed by atoms with Crippen LogP contribution in [0.25, 0.3) is 0 Å². The van der Waals surface area contributed by atoms with Gasteiger partial charge < -0.3 is 9.47 Å². The Kier molecular flexibility index (Phi) is 7.88. The van der Waals surface area contributed by atoms with E-state index in [9.17, 15) is 13.2 Å². The zero-order chi connectivity index (χ0) is 26.9. The van der Waals surface area contributed by atoms with E-state index in [4.69, 9.17) is 13.7 Å². The first kappa shape index (κ1) is 27.2. The summed E-state index contributed by atoms with van der Waals surface area (Å²) >= 11 is 0. The first-order valence-corrected chi connectivity index (χ1v) is 15.8. The van der Waals surface area contributed by atoms with Gasteiger partial charge in [0.15, 0.2) is 0 Å². The van der Waals surface area contributed by atoms with Gasteiger partial charge in [-0.3, -0.25) is 8.98 Å². The van der Waals surface area contributed by atoms with E-state index in [1.165, 1.54) is 18.1 Å². The van der Waals surface area contributed by atoms with Crippen LogP contribution in [-0.2, 0) is 36.9 Å². The summed E-state index contributed by atoms with van der Waals surface area (Å²) in [6.45, 7) is 4.60. The van der Waals surface area contributed by atoms with Gasteiger partial charge in [-0.05, 0) is 97.4 Å². The van der Waals surface area contributed by atoms with Crippen LogP contribution in [0.5, 0.6) is 5.75 Å². The fourth-order valence-electron chi connectivity index (χ4n) is 7.86. The highest BCUT2D eigenvalue weighted by Crippen LogP contribution is 2.64. The topological polar surface area (TPSA) is 78.9 Å². The second kappa shape index (κ2) is 11.0. The molecule has 206 valence electrons. The van der Waals surface area contributed by atoms with E-state index in [0.717, 1.165) is 56.1 Å². The van der Waals surface area contributed by atoms with Crippen LogP contribution in [0.4, 0.5) is 0 Å². The maximum atomic E-state index is 12.0. The average Bonchev–Trinajstić information content (AvgIpc) is 3.15. The largest absolute Gasteiger partial charge is 0.489 e. The minimum atomic E-state index is -3.44. The number of hydrogen-bond donors (Lipinski definition) is 0. The van der Waals surface area contributed by atoms with Crippen LogP contribution >= 0.6 is 0 Å². The Hall–Kier alpha value is -2.38. The number of carbonyl (C=O) groups excluding carboxylic acids is 1. The Balaban J connectivity index is 1.33. The molecular weight excluding hydrogens is 500 g/mol. The fraction of sp³-hybridized carbons (Fsp3) is 0.581. The van der Waals surface area contributed by atoms with Crippen molar-refractivity contribution >= 4 is 16.1 Å². The third kappa shape index (κ3) is 5.79. The molecule has 0 spiro atoms. The predicted octanol–water partition coefficient (Wildman–Crippen LogP) is 6.04. The van der Waals surface area contributed by atoms with Crippen molar-refractivity contribution in [2.24, 2.45) is 23.2 Å². The lowest BCUT2D eigenvalue weighted by atomic mass is 9.53. The van der Waals surface area contributed by atoms with Gasteiger partial charge in [-0.25, -0.2) is 0 Å². The molecular formula is C31H40O6S. The fourth-order valence-corrected chi connectivity index (χ4v) is 8.28. The molecule has 2 fully saturated rings. The number of ether oxygens (including phenoxy) is 2. The molecule has 0 bridgehead atoms. The Labute approximate surface area is 227 Å². The molecule has 2 saturated carbocycles. The SMILES string of the molecule is CC(=O)OC1CC(CCCOS(C)(=O)=O)C2C3CCc4cc(OCc5ccccc5)ccc4C3CCC12C. The van der Waals surface area contributed by atoms with Crippen LogP contribution in [0.3, 0.4) is 0 Å². The van der Waals surface area contributed by atoms with Gasteiger partial charge in [-0.1, -0.05) is 43.3 Å². The highest BCUT2D eigenvalue weighted by atomic mass is 32.2. The Morgan fingerprint density at radius 1 is 1.11 bits per heavy atom. The van der Waals surface area contributed by atoms with Crippen LogP contribution in [-0.4, -0.2) is 33.4 Å². The zero-order valence-electron chi connectivity index (χ0n) is 22.7. The monoisotopic (exact) mass is 540 g/mol. The second-order valence-corrected chi connectivity index (χ2v) is 13.4. The van der Waals surface area contributed by atoms with Crippen molar-refractivity contribution in [3.05, 3.63) is 65.2 Å². The van der Waals surface area contributed by atoms with Crippen molar-refractivity contribution in [3.8, 4) is 5.75 Å². The molecule has 0 aromatic heterocycles. The van der Waals surface area contributed by atoms with E-state index < -0.39 is 10.1 Å². The van der Waals surface area contributed by atoms with E-state index >= 15 is 0 Å². The summed E-state index contributed by atoms with van der Waals surface area (Å²) in [5, 5.41) is 0. The molecule has 0 N–H and O–H groups in total. The minimum Gasteiger partial charge on any atom is -0.489 e. The van der Waals surface area contributed by atoms with Crippen molar-refractivity contribution in [2.75, 3.05) is 12.9 Å². The zero-order valence-corrected chi connectivity index (χ0v) is 23.5. The molecule has 0 amide bonds. The van der Waals surface area contributed by atoms with Crippen molar-refractivity contribution in [1.29, 1.82) is 0 Å². The number of rotatable bonds is 9. The van der Waals surface area contributed by atoms with Gasteiger partial charge >= 0.3 is 5.97 Å². The number of fused-ring (bicyclic) bond motifs is 5. The van der Waals surface area contributed by atoms with Gasteiger partial charge in [0.25, 0.3) is 10.1 Å². The van der Waals surface area contributed by atoms with Crippen LogP contribution in [0.1, 0.15) is 75.0 Å². The summed E-state index contributed by atoms with van der Waals surface area (Å²) in [5.74, 6) is 2.55. The number of carbonyl (C=O) groups is 1. The van der Waals surface area contributed by atoms with Crippen LogP contribution in [0.15, 0.2) is 48.5 Å². The lowest BCUT2D eigenvalue weighted by Crippen LogP contribution is -2.46. The van der Waals surface area contributed by atoms with Gasteiger partial charge in [0.05, 0.1) is 12.9 Å². The molecule has 6 atom stereocenters. The molecule has 6 nitrogen and oxygen atoms in total. The molecule has 0 heterocycles. The number of hydrogen-bond acceptors (Lipinski definition) is 6. The summed E-state index contributed by atoms with van der Waals surface area (Å²) in [6.07, 6.45) is 7.69. The van der Waals surface area contributed by atoms with Crippen molar-refractivity contribution in [1.82, 2.24) is 0 Å². The van der Waals surface area contributed by atoms with Crippen LogP contribution in [0, 0.1) is 23.2 Å². The second-order valence-electron chi connectivity index (χ2n) is 11.8. The lowest BCUT2D eigenvalue weighted by molar-refractivity contribution is -0.154. The average molecular weight is 541 g/mol. The maximum Gasteiger partial charge on any atom is 0.302 e. The van der Waals surface area contributed by atoms with Crippen molar-refractivity contribution in [2.45, 2.75) is 77.4 Å². The summed E-state index contributed by atoms with van der Waals surface area (Å²) in [5.41, 5.74) is 3.96. The standard InChI is InChI=1S/C31H40O6S/c1-21(32)37-29-19-24(10-7-17-36-38(3,33)34)30-28-13-11-23-18-25(35-20-22-8-5-4-6-9-22)12-14-26(23)27(28)15-16-31(29,30)2/h4-6,8-9,12,14,18,24,27-30H,7,10-11,13,15-17,19-20H2,1-3H3. The highest BCUT2D eigenvalue weighted by Gasteiger charge is 2.59. The number of esters is 1. The van der Waals surface area contributed by atoms with E-state index in [1.807, 2.05) is 18.2 Å². The first-order chi connectivity index (χ1) is 18.1. The molecule has 6 unspecified atom stereocenters. The number of aryl methyl sites for hydroxylation is 1. The minimum absolute atomic E-state index is 0.0502. The molecule has 0 aliphatic heterocycles. The van der Waals surface area contributed by atoms with E-state index in [1.54, 1.807) is 0 Å². The quantitative estimate of drug-likeness (QED) is 0.219. The summed E-state index contributed by atoms with van der Waals surface area (Å²) in [4.78, 5) is 12.0. The van der Waals surface area contributed by atoms with E-state index in [2.05, 4.69) is 37.3 Å². The van der Waals surface area contributed by atoms with Crippen LogP contribution in [0.2, 0.25) is 0 Å². The van der Waals surface area contributed by atoms with Crippen molar-refractivity contribution in [3.63, 3.8) is 0 Å². The third-order valence-corrected chi connectivity index (χ3v) is 9.92. The molecule has 38 heavy (non-hydrogen) atoms. The molecule has 0 radical (unpaired) electrons. The molecule has 7 heteroatoms. The molecule has 2 aromatic carbocycles. The van der Waals surface area contributed by atoms with Gasteiger partial charge in [-0.2, -0.15) is 8.42 Å². The maximum absolute atomic E-state index is 12.0. The number of benzene rings is 2. The van der Waals surface area contributed by atoms with Gasteiger partial charge in [0, 0.05) is 12.3 Å². The molecule has 2 aromatic rings. The van der Waals surface area contributed by atoms with Crippen LogP contribution < -0.4 is 4.74 Å². The van der Waals surface area contributed by atoms with E-state index in [0.29, 0.717) is 36.7 Å². The Morgan fingerprint density at radius 2 is 1.89 bits per heavy atom. The van der Waals surface area contributed by atoms with E-state index in [-0.39, 0.29) is 24.1 Å². The summed E-state index contributed by atoms with van der Waals surface area (Å²) in [6, 6.07) is 16.9.